The summed E-state index contributed by atoms with van der Waals surface area (Å²) in [6, 6.07) is 1.35. The summed E-state index contributed by atoms with van der Waals surface area (Å²) in [5.41, 5.74) is -0.223. The summed E-state index contributed by atoms with van der Waals surface area (Å²) in [7, 11) is 0. The Morgan fingerprint density at radius 3 is 2.75 bits per heavy atom. The molecule has 0 fully saturated rings. The van der Waals surface area contributed by atoms with Gasteiger partial charge < -0.3 is 4.74 Å². The van der Waals surface area contributed by atoms with Crippen molar-refractivity contribution in [1.82, 2.24) is 19.5 Å². The zero-order chi connectivity index (χ0) is 11.4. The molecule has 2 aromatic heterocycles. The van der Waals surface area contributed by atoms with E-state index in [4.69, 9.17) is 4.74 Å². The summed E-state index contributed by atoms with van der Waals surface area (Å²) in [5.74, 6) is 0.852. The average molecular weight is 218 g/mol. The summed E-state index contributed by atoms with van der Waals surface area (Å²) < 4.78 is 6.46. The molecule has 0 bridgehead atoms. The van der Waals surface area contributed by atoms with E-state index in [-0.39, 0.29) is 11.5 Å². The minimum Gasteiger partial charge on any atom is -0.491 e. The van der Waals surface area contributed by atoms with Crippen molar-refractivity contribution < 1.29 is 4.74 Å². The fourth-order valence-electron chi connectivity index (χ4n) is 1.17. The molecule has 2 heterocycles. The quantitative estimate of drug-likeness (QED) is 0.746. The first-order chi connectivity index (χ1) is 7.81. The lowest BCUT2D eigenvalue weighted by molar-refractivity contribution is 0.337. The highest BCUT2D eigenvalue weighted by atomic mass is 16.5. The number of nitrogens with zero attached hydrogens (tertiary/aromatic N) is 4. The second-order valence-corrected chi connectivity index (χ2v) is 2.94. The van der Waals surface area contributed by atoms with Crippen molar-refractivity contribution in [2.75, 3.05) is 6.61 Å². The molecule has 0 aliphatic rings. The maximum Gasteiger partial charge on any atom is 0.260 e. The third kappa shape index (κ3) is 2.05. The van der Waals surface area contributed by atoms with Crippen molar-refractivity contribution in [2.24, 2.45) is 0 Å². The van der Waals surface area contributed by atoms with E-state index >= 15 is 0 Å². The van der Waals surface area contributed by atoms with E-state index in [1.54, 1.807) is 0 Å². The molecule has 0 N–H and O–H groups in total. The van der Waals surface area contributed by atoms with Gasteiger partial charge in [-0.2, -0.15) is 0 Å². The van der Waals surface area contributed by atoms with Crippen molar-refractivity contribution in [3.63, 3.8) is 0 Å². The van der Waals surface area contributed by atoms with Crippen LogP contribution in [0.3, 0.4) is 0 Å². The Morgan fingerprint density at radius 2 is 2.12 bits per heavy atom. The molecule has 0 spiro atoms. The molecule has 0 atom stereocenters. The fourth-order valence-corrected chi connectivity index (χ4v) is 1.17. The van der Waals surface area contributed by atoms with Gasteiger partial charge in [-0.15, -0.1) is 0 Å². The third-order valence-electron chi connectivity index (χ3n) is 1.86. The van der Waals surface area contributed by atoms with Gasteiger partial charge in [-0.3, -0.25) is 4.79 Å². The van der Waals surface area contributed by atoms with Crippen molar-refractivity contribution in [3.05, 3.63) is 41.3 Å². The van der Waals surface area contributed by atoms with Crippen molar-refractivity contribution >= 4 is 0 Å². The largest absolute Gasteiger partial charge is 0.491 e. The Labute approximate surface area is 91.6 Å². The number of rotatable bonds is 3. The maximum atomic E-state index is 11.4. The first kappa shape index (κ1) is 10.3. The average Bonchev–Trinajstić information content (AvgIpc) is 2.31. The minimum atomic E-state index is -0.223. The van der Waals surface area contributed by atoms with Crippen LogP contribution in [-0.4, -0.2) is 26.1 Å². The lowest BCUT2D eigenvalue weighted by atomic mass is 10.6. The van der Waals surface area contributed by atoms with E-state index in [1.807, 2.05) is 6.92 Å². The zero-order valence-corrected chi connectivity index (χ0v) is 8.70. The molecule has 82 valence electrons. The molecular formula is C10H10N4O2. The Kier molecular flexibility index (Phi) is 2.90. The SMILES string of the molecule is CCOc1cnc(-n2cnccc2=O)nc1. The molecule has 0 aliphatic carbocycles. The summed E-state index contributed by atoms with van der Waals surface area (Å²) >= 11 is 0. The molecule has 2 rings (SSSR count). The topological polar surface area (TPSA) is 69.9 Å². The molecule has 6 nitrogen and oxygen atoms in total. The monoisotopic (exact) mass is 218 g/mol. The van der Waals surface area contributed by atoms with Crippen LogP contribution in [0, 0.1) is 0 Å². The Balaban J connectivity index is 2.35. The predicted octanol–water partition coefficient (Wildman–Crippen LogP) is 0.421. The second-order valence-electron chi connectivity index (χ2n) is 2.94. The van der Waals surface area contributed by atoms with Crippen molar-refractivity contribution in [2.45, 2.75) is 6.92 Å². The van der Waals surface area contributed by atoms with E-state index in [1.165, 1.54) is 35.6 Å². The van der Waals surface area contributed by atoms with Gasteiger partial charge in [-0.1, -0.05) is 0 Å². The molecule has 0 saturated heterocycles. The maximum absolute atomic E-state index is 11.4. The Bertz CT molecular complexity index is 521. The van der Waals surface area contributed by atoms with Gasteiger partial charge in [0.05, 0.1) is 19.0 Å². The van der Waals surface area contributed by atoms with Crippen molar-refractivity contribution in [3.8, 4) is 11.7 Å². The van der Waals surface area contributed by atoms with Gasteiger partial charge in [0.1, 0.15) is 6.33 Å². The van der Waals surface area contributed by atoms with E-state index in [9.17, 15) is 4.79 Å². The van der Waals surface area contributed by atoms with Gasteiger partial charge in [-0.05, 0) is 6.92 Å². The molecule has 0 unspecified atom stereocenters. The zero-order valence-electron chi connectivity index (χ0n) is 8.70. The smallest absolute Gasteiger partial charge is 0.260 e. The van der Waals surface area contributed by atoms with Gasteiger partial charge in [0.25, 0.3) is 5.56 Å². The number of hydrogen-bond acceptors (Lipinski definition) is 5. The molecule has 0 saturated carbocycles. The van der Waals surface area contributed by atoms with Gasteiger partial charge in [0.2, 0.25) is 5.95 Å². The van der Waals surface area contributed by atoms with Crippen LogP contribution >= 0.6 is 0 Å². The molecule has 16 heavy (non-hydrogen) atoms. The lowest BCUT2D eigenvalue weighted by Crippen LogP contribution is -2.18. The first-order valence-corrected chi connectivity index (χ1v) is 4.79. The van der Waals surface area contributed by atoms with E-state index in [0.717, 1.165) is 0 Å². The third-order valence-corrected chi connectivity index (χ3v) is 1.86. The number of hydrogen-bond donors (Lipinski definition) is 0. The van der Waals surface area contributed by atoms with Crippen LogP contribution in [0.2, 0.25) is 0 Å². The highest BCUT2D eigenvalue weighted by Crippen LogP contribution is 2.06. The number of ether oxygens (including phenoxy) is 1. The van der Waals surface area contributed by atoms with Gasteiger partial charge in [-0.25, -0.2) is 19.5 Å². The highest BCUT2D eigenvalue weighted by Gasteiger charge is 2.02. The summed E-state index contributed by atoms with van der Waals surface area (Å²) in [4.78, 5) is 23.3. The summed E-state index contributed by atoms with van der Waals surface area (Å²) in [6.45, 7) is 2.43. The van der Waals surface area contributed by atoms with Crippen LogP contribution in [0.5, 0.6) is 5.75 Å². The summed E-state index contributed by atoms with van der Waals surface area (Å²) in [5, 5.41) is 0. The lowest BCUT2D eigenvalue weighted by Gasteiger charge is -2.04. The second kappa shape index (κ2) is 4.52. The van der Waals surface area contributed by atoms with Crippen LogP contribution in [0.4, 0.5) is 0 Å². The van der Waals surface area contributed by atoms with Gasteiger partial charge in [0.15, 0.2) is 5.75 Å². The predicted molar refractivity (Wildman–Crippen MR) is 56.6 cm³/mol. The molecule has 0 radical (unpaired) electrons. The van der Waals surface area contributed by atoms with Gasteiger partial charge in [0, 0.05) is 12.3 Å². The van der Waals surface area contributed by atoms with Crippen LogP contribution in [0.1, 0.15) is 6.92 Å². The molecule has 2 aromatic rings. The standard InChI is InChI=1S/C10H10N4O2/c1-2-16-8-5-12-10(13-6-8)14-7-11-4-3-9(14)15/h3-7H,2H2,1H3. The van der Waals surface area contributed by atoms with Crippen molar-refractivity contribution in [1.29, 1.82) is 0 Å². The summed E-state index contributed by atoms with van der Waals surface area (Å²) in [6.07, 6.45) is 5.84. The van der Waals surface area contributed by atoms with Crippen LogP contribution in [0.25, 0.3) is 5.95 Å². The Hall–Kier alpha value is -2.24. The van der Waals surface area contributed by atoms with Crippen LogP contribution in [-0.2, 0) is 0 Å². The van der Waals surface area contributed by atoms with Gasteiger partial charge >= 0.3 is 0 Å². The van der Waals surface area contributed by atoms with E-state index < -0.39 is 0 Å². The fraction of sp³-hybridized carbons (Fsp3) is 0.200. The molecular weight excluding hydrogens is 208 g/mol. The molecule has 0 amide bonds. The van der Waals surface area contributed by atoms with Crippen LogP contribution < -0.4 is 10.3 Å². The first-order valence-electron chi connectivity index (χ1n) is 4.79. The molecule has 0 aromatic carbocycles. The highest BCUT2D eigenvalue weighted by molar-refractivity contribution is 5.18. The number of aromatic nitrogens is 4. The van der Waals surface area contributed by atoms with E-state index in [2.05, 4.69) is 15.0 Å². The normalized spacial score (nSPS) is 10.1. The molecule has 6 heteroatoms. The van der Waals surface area contributed by atoms with E-state index in [0.29, 0.717) is 12.4 Å². The Morgan fingerprint density at radius 1 is 1.38 bits per heavy atom. The minimum absolute atomic E-state index is 0.223. The molecule has 0 aliphatic heterocycles. The van der Waals surface area contributed by atoms with Crippen LogP contribution in [0.15, 0.2) is 35.8 Å².